The van der Waals surface area contributed by atoms with Gasteiger partial charge < -0.3 is 39.2 Å². The third-order valence-corrected chi connectivity index (χ3v) is 8.04. The molecular formula is C36H44N6O6. The monoisotopic (exact) mass is 656 g/mol. The highest BCUT2D eigenvalue weighted by atomic mass is 16.5. The van der Waals surface area contributed by atoms with E-state index in [1.165, 1.54) is 6.20 Å². The molecule has 0 unspecified atom stereocenters. The van der Waals surface area contributed by atoms with E-state index in [1.54, 1.807) is 38.5 Å². The summed E-state index contributed by atoms with van der Waals surface area (Å²) in [6.45, 7) is 11.6. The first-order chi connectivity index (χ1) is 23.3. The van der Waals surface area contributed by atoms with Crippen LogP contribution in [-0.2, 0) is 0 Å². The maximum absolute atomic E-state index is 13.6. The van der Waals surface area contributed by atoms with E-state index in [0.29, 0.717) is 47.6 Å². The molecule has 2 N–H and O–H groups in total. The van der Waals surface area contributed by atoms with Gasteiger partial charge in [-0.2, -0.15) is 4.98 Å². The van der Waals surface area contributed by atoms with Gasteiger partial charge in [-0.15, -0.1) is 0 Å². The zero-order chi connectivity index (χ0) is 34.0. The minimum Gasteiger partial charge on any atom is -0.493 e. The number of ether oxygens (including phenoxy) is 5. The first-order valence-electron chi connectivity index (χ1n) is 16.0. The number of aryl methyl sites for hydroxylation is 2. The number of amides is 1. The number of nitrogens with one attached hydrogen (secondary N) is 2. The van der Waals surface area contributed by atoms with Crippen molar-refractivity contribution in [1.29, 1.82) is 0 Å². The van der Waals surface area contributed by atoms with Gasteiger partial charge in [-0.05, 0) is 51.1 Å². The number of aromatic nitrogens is 2. The molecule has 5 rings (SSSR count). The lowest BCUT2D eigenvalue weighted by Crippen LogP contribution is -2.45. The number of nitrogens with zero attached hydrogens (tertiary/aromatic N) is 4. The van der Waals surface area contributed by atoms with Gasteiger partial charge in [0.1, 0.15) is 12.2 Å². The van der Waals surface area contributed by atoms with Gasteiger partial charge in [-0.25, -0.2) is 4.98 Å². The summed E-state index contributed by atoms with van der Waals surface area (Å²) in [4.78, 5) is 27.4. The lowest BCUT2D eigenvalue weighted by molar-refractivity contribution is 0.102. The Kier molecular flexibility index (Phi) is 11.5. The Morgan fingerprint density at radius 2 is 1.54 bits per heavy atom. The third-order valence-electron chi connectivity index (χ3n) is 8.04. The number of hydrogen-bond donors (Lipinski definition) is 2. The quantitative estimate of drug-likeness (QED) is 0.168. The van der Waals surface area contributed by atoms with Crippen molar-refractivity contribution >= 4 is 23.2 Å². The van der Waals surface area contributed by atoms with E-state index in [2.05, 4.69) is 37.4 Å². The van der Waals surface area contributed by atoms with Gasteiger partial charge >= 0.3 is 0 Å². The van der Waals surface area contributed by atoms with E-state index in [4.69, 9.17) is 23.7 Å². The molecule has 254 valence electrons. The van der Waals surface area contributed by atoms with Crippen molar-refractivity contribution in [2.45, 2.75) is 20.8 Å². The molecule has 0 aliphatic carbocycles. The number of methoxy groups -OCH3 is 2. The van der Waals surface area contributed by atoms with E-state index in [9.17, 15) is 4.79 Å². The Hall–Kier alpha value is -5.07. The fraction of sp³-hybridized carbons (Fsp3) is 0.361. The third kappa shape index (κ3) is 8.44. The first kappa shape index (κ1) is 34.3. The SMILES string of the molecule is CCOc1ccccc1Oc1nc(Nc2cc(OC)c(OCCN3CCN(C)CC3)c(OC)c2)ncc1C(=O)Nc1c(C)cccc1C. The molecule has 3 aromatic carbocycles. The summed E-state index contributed by atoms with van der Waals surface area (Å²) in [5.41, 5.74) is 3.32. The van der Waals surface area contributed by atoms with E-state index in [1.807, 2.05) is 51.1 Å². The van der Waals surface area contributed by atoms with Crippen LogP contribution in [0.3, 0.4) is 0 Å². The van der Waals surface area contributed by atoms with Crippen molar-refractivity contribution < 1.29 is 28.5 Å². The van der Waals surface area contributed by atoms with Gasteiger partial charge in [0, 0.05) is 62.4 Å². The molecule has 4 aromatic rings. The summed E-state index contributed by atoms with van der Waals surface area (Å²) in [7, 11) is 5.29. The summed E-state index contributed by atoms with van der Waals surface area (Å²) in [5.74, 6) is 2.24. The minimum atomic E-state index is -0.413. The highest BCUT2D eigenvalue weighted by Crippen LogP contribution is 2.41. The summed E-state index contributed by atoms with van der Waals surface area (Å²) >= 11 is 0. The number of piperazine rings is 1. The second-order valence-corrected chi connectivity index (χ2v) is 11.4. The van der Waals surface area contributed by atoms with Crippen LogP contribution in [0.15, 0.2) is 60.8 Å². The Bertz CT molecular complexity index is 1660. The summed E-state index contributed by atoms with van der Waals surface area (Å²) in [6.07, 6.45) is 1.43. The Balaban J connectivity index is 1.41. The summed E-state index contributed by atoms with van der Waals surface area (Å²) in [5, 5.41) is 6.20. The number of likely N-dealkylation sites (N-methyl/N-ethyl adjacent to an activating group) is 1. The number of benzene rings is 3. The molecule has 0 saturated carbocycles. The average Bonchev–Trinajstić information content (AvgIpc) is 3.08. The van der Waals surface area contributed by atoms with E-state index in [0.717, 1.165) is 49.5 Å². The second kappa shape index (κ2) is 16.2. The minimum absolute atomic E-state index is 0.0474. The topological polar surface area (TPSA) is 120 Å². The van der Waals surface area contributed by atoms with Crippen LogP contribution in [0.1, 0.15) is 28.4 Å². The fourth-order valence-electron chi connectivity index (χ4n) is 5.34. The molecule has 12 nitrogen and oxygen atoms in total. The standard InChI is InChI=1S/C36H44N6O6/c1-7-46-28-13-8-9-14-29(28)48-35-27(34(43)39-32-24(2)11-10-12-25(32)3)23-37-36(40-35)38-26-21-30(44-5)33(31(22-26)45-6)47-20-19-42-17-15-41(4)16-18-42/h8-14,21-23H,7,15-20H2,1-6H3,(H,39,43)(H,37,38,40). The molecule has 0 radical (unpaired) electrons. The maximum atomic E-state index is 13.6. The van der Waals surface area contributed by atoms with Crippen molar-refractivity contribution in [3.05, 3.63) is 77.5 Å². The molecule has 1 amide bonds. The van der Waals surface area contributed by atoms with Crippen molar-refractivity contribution in [2.24, 2.45) is 0 Å². The highest BCUT2D eigenvalue weighted by Gasteiger charge is 2.22. The van der Waals surface area contributed by atoms with Crippen LogP contribution < -0.4 is 34.3 Å². The Morgan fingerprint density at radius 1 is 0.875 bits per heavy atom. The number of carbonyl (C=O) groups is 1. The lowest BCUT2D eigenvalue weighted by atomic mass is 10.1. The van der Waals surface area contributed by atoms with Gasteiger partial charge in [0.25, 0.3) is 5.91 Å². The number of para-hydroxylation sites is 3. The second-order valence-electron chi connectivity index (χ2n) is 11.4. The van der Waals surface area contributed by atoms with E-state index < -0.39 is 5.91 Å². The summed E-state index contributed by atoms with van der Waals surface area (Å²) < 4.78 is 29.6. The van der Waals surface area contributed by atoms with Crippen LogP contribution in [0.5, 0.6) is 34.6 Å². The van der Waals surface area contributed by atoms with Crippen LogP contribution in [0.4, 0.5) is 17.3 Å². The molecule has 48 heavy (non-hydrogen) atoms. The van der Waals surface area contributed by atoms with Gasteiger partial charge in [0.05, 0.1) is 20.8 Å². The molecule has 0 atom stereocenters. The first-order valence-corrected chi connectivity index (χ1v) is 16.0. The van der Waals surface area contributed by atoms with Gasteiger partial charge in [-0.3, -0.25) is 9.69 Å². The van der Waals surface area contributed by atoms with Crippen LogP contribution in [0.2, 0.25) is 0 Å². The predicted molar refractivity (Wildman–Crippen MR) is 186 cm³/mol. The molecule has 1 fully saturated rings. The highest BCUT2D eigenvalue weighted by molar-refractivity contribution is 6.06. The zero-order valence-electron chi connectivity index (χ0n) is 28.5. The molecule has 1 aliphatic heterocycles. The fourth-order valence-corrected chi connectivity index (χ4v) is 5.34. The smallest absolute Gasteiger partial charge is 0.262 e. The molecule has 1 aliphatic rings. The van der Waals surface area contributed by atoms with Crippen molar-refractivity contribution in [3.8, 4) is 34.6 Å². The average molecular weight is 657 g/mol. The van der Waals surface area contributed by atoms with Crippen LogP contribution in [0, 0.1) is 13.8 Å². The van der Waals surface area contributed by atoms with Gasteiger partial charge in [0.2, 0.25) is 17.6 Å². The van der Waals surface area contributed by atoms with Crippen LogP contribution >= 0.6 is 0 Å². The van der Waals surface area contributed by atoms with Gasteiger partial charge in [-0.1, -0.05) is 30.3 Å². The molecular weight excluding hydrogens is 612 g/mol. The number of rotatable bonds is 14. The van der Waals surface area contributed by atoms with Crippen molar-refractivity contribution in [1.82, 2.24) is 19.8 Å². The van der Waals surface area contributed by atoms with Crippen molar-refractivity contribution in [3.63, 3.8) is 0 Å². The van der Waals surface area contributed by atoms with Crippen molar-refractivity contribution in [2.75, 3.05) is 77.8 Å². The largest absolute Gasteiger partial charge is 0.493 e. The molecule has 0 spiro atoms. The molecule has 0 bridgehead atoms. The van der Waals surface area contributed by atoms with E-state index >= 15 is 0 Å². The lowest BCUT2D eigenvalue weighted by Gasteiger charge is -2.32. The normalized spacial score (nSPS) is 13.5. The molecule has 1 saturated heterocycles. The molecule has 1 aromatic heterocycles. The number of carbonyl (C=O) groups excluding carboxylic acids is 1. The van der Waals surface area contributed by atoms with Crippen LogP contribution in [0.25, 0.3) is 0 Å². The predicted octanol–water partition coefficient (Wildman–Crippen LogP) is 5.92. The summed E-state index contributed by atoms with van der Waals surface area (Å²) in [6, 6.07) is 16.6. The van der Waals surface area contributed by atoms with E-state index in [-0.39, 0.29) is 17.4 Å². The number of anilines is 3. The number of hydrogen-bond acceptors (Lipinski definition) is 11. The van der Waals surface area contributed by atoms with Crippen LogP contribution in [-0.4, -0.2) is 92.9 Å². The molecule has 12 heteroatoms. The maximum Gasteiger partial charge on any atom is 0.262 e. The zero-order valence-corrected chi connectivity index (χ0v) is 28.5. The van der Waals surface area contributed by atoms with Gasteiger partial charge in [0.15, 0.2) is 23.0 Å². The Morgan fingerprint density at radius 3 is 2.19 bits per heavy atom. The molecule has 2 heterocycles. The Labute approximate surface area is 281 Å².